The Balaban J connectivity index is 1.79. The lowest BCUT2D eigenvalue weighted by Crippen LogP contribution is -2.60. The van der Waals surface area contributed by atoms with Crippen LogP contribution in [0.15, 0.2) is 0 Å². The minimum absolute atomic E-state index is 0.0308. The minimum Gasteiger partial charge on any atom is -0.341 e. The molecule has 1 amide bonds. The number of hydrogen-bond acceptors (Lipinski definition) is 3. The average molecular weight is 272 g/mol. The third-order valence-electron chi connectivity index (χ3n) is 4.34. The first-order valence-corrected chi connectivity index (χ1v) is 8.55. The molecule has 0 unspecified atom stereocenters. The van der Waals surface area contributed by atoms with E-state index < -0.39 is 16.1 Å². The summed E-state index contributed by atoms with van der Waals surface area (Å²) in [6.07, 6.45) is 5.25. The number of carbonyl (C=O) groups is 1. The highest BCUT2D eigenvalue weighted by Gasteiger charge is 2.45. The summed E-state index contributed by atoms with van der Waals surface area (Å²) in [6, 6.07) is -0.425. The van der Waals surface area contributed by atoms with Crippen molar-refractivity contribution < 1.29 is 13.2 Å². The van der Waals surface area contributed by atoms with Crippen LogP contribution in [0.4, 0.5) is 0 Å². The Morgan fingerprint density at radius 3 is 2.61 bits per heavy atom. The first-order chi connectivity index (χ1) is 8.45. The fourth-order valence-electron chi connectivity index (χ4n) is 3.19. The van der Waals surface area contributed by atoms with Gasteiger partial charge in [0.25, 0.3) is 0 Å². The van der Waals surface area contributed by atoms with Gasteiger partial charge in [-0.25, -0.2) is 8.42 Å². The number of sulfonamides is 1. The molecule has 2 heterocycles. The summed E-state index contributed by atoms with van der Waals surface area (Å²) >= 11 is 0. The standard InChI is InChI=1S/C12H20N2O3S/c1-18(16,17)14-5-4-10-6-11(14)12(15)13(8-10)7-9-2-3-9/h9-11H,2-8H2,1H3/t10-,11+/m0/s1. The van der Waals surface area contributed by atoms with Crippen molar-refractivity contribution in [1.82, 2.24) is 9.21 Å². The van der Waals surface area contributed by atoms with E-state index in [0.717, 1.165) is 19.5 Å². The van der Waals surface area contributed by atoms with Gasteiger partial charge in [0.05, 0.1) is 6.26 Å². The molecular formula is C12H20N2O3S. The second-order valence-corrected chi connectivity index (χ2v) is 7.90. The third kappa shape index (κ3) is 2.28. The largest absolute Gasteiger partial charge is 0.341 e. The van der Waals surface area contributed by atoms with Crippen molar-refractivity contribution in [3.63, 3.8) is 0 Å². The first-order valence-electron chi connectivity index (χ1n) is 6.71. The maximum Gasteiger partial charge on any atom is 0.241 e. The van der Waals surface area contributed by atoms with Gasteiger partial charge >= 0.3 is 0 Å². The van der Waals surface area contributed by atoms with Crippen molar-refractivity contribution in [3.8, 4) is 0 Å². The normalized spacial score (nSPS) is 33.8. The molecule has 2 saturated heterocycles. The van der Waals surface area contributed by atoms with Crippen LogP contribution < -0.4 is 0 Å². The van der Waals surface area contributed by atoms with E-state index in [1.165, 1.54) is 23.4 Å². The molecule has 0 spiro atoms. The van der Waals surface area contributed by atoms with E-state index in [9.17, 15) is 13.2 Å². The number of rotatable bonds is 3. The van der Waals surface area contributed by atoms with Gasteiger partial charge in [-0.2, -0.15) is 4.31 Å². The Morgan fingerprint density at radius 1 is 1.28 bits per heavy atom. The van der Waals surface area contributed by atoms with Gasteiger partial charge < -0.3 is 4.90 Å². The van der Waals surface area contributed by atoms with Gasteiger partial charge in [-0.15, -0.1) is 0 Å². The molecule has 0 aromatic rings. The smallest absolute Gasteiger partial charge is 0.241 e. The molecule has 1 aliphatic carbocycles. The minimum atomic E-state index is -3.26. The molecule has 102 valence electrons. The van der Waals surface area contributed by atoms with E-state index in [1.807, 2.05) is 4.90 Å². The highest BCUT2D eigenvalue weighted by Crippen LogP contribution is 2.35. The average Bonchev–Trinajstić information content (AvgIpc) is 3.08. The van der Waals surface area contributed by atoms with Crippen LogP contribution in [0.5, 0.6) is 0 Å². The quantitative estimate of drug-likeness (QED) is 0.741. The molecule has 2 bridgehead atoms. The SMILES string of the molecule is CS(=O)(=O)N1CC[C@H]2C[C@@H]1C(=O)N(CC1CC1)C2. The lowest BCUT2D eigenvalue weighted by Gasteiger charge is -2.45. The molecule has 0 aromatic carbocycles. The molecule has 2 aliphatic heterocycles. The molecule has 3 rings (SSSR count). The molecule has 2 atom stereocenters. The highest BCUT2D eigenvalue weighted by atomic mass is 32.2. The molecule has 0 radical (unpaired) electrons. The van der Waals surface area contributed by atoms with Crippen LogP contribution >= 0.6 is 0 Å². The van der Waals surface area contributed by atoms with Crippen molar-refractivity contribution in [2.24, 2.45) is 11.8 Å². The lowest BCUT2D eigenvalue weighted by atomic mass is 9.87. The van der Waals surface area contributed by atoms with Crippen LogP contribution in [0.25, 0.3) is 0 Å². The third-order valence-corrected chi connectivity index (χ3v) is 5.63. The van der Waals surface area contributed by atoms with Gasteiger partial charge in [-0.3, -0.25) is 4.79 Å². The van der Waals surface area contributed by atoms with Gasteiger partial charge in [-0.05, 0) is 37.5 Å². The Kier molecular flexibility index (Phi) is 2.90. The monoisotopic (exact) mass is 272 g/mol. The number of nitrogens with zero attached hydrogens (tertiary/aromatic N) is 2. The van der Waals surface area contributed by atoms with Gasteiger partial charge in [0.15, 0.2) is 0 Å². The van der Waals surface area contributed by atoms with Crippen molar-refractivity contribution in [1.29, 1.82) is 0 Å². The molecule has 1 saturated carbocycles. The summed E-state index contributed by atoms with van der Waals surface area (Å²) in [5, 5.41) is 0. The van der Waals surface area contributed by atoms with E-state index >= 15 is 0 Å². The lowest BCUT2D eigenvalue weighted by molar-refractivity contribution is -0.142. The van der Waals surface area contributed by atoms with Crippen LogP contribution in [0.1, 0.15) is 25.7 Å². The number of piperidine rings is 2. The number of likely N-dealkylation sites (tertiary alicyclic amines) is 1. The Labute approximate surface area is 108 Å². The maximum absolute atomic E-state index is 12.4. The summed E-state index contributed by atoms with van der Waals surface area (Å²) in [5.74, 6) is 1.19. The van der Waals surface area contributed by atoms with Crippen molar-refractivity contribution >= 4 is 15.9 Å². The Hall–Kier alpha value is -0.620. The zero-order valence-electron chi connectivity index (χ0n) is 10.7. The topological polar surface area (TPSA) is 57.7 Å². The molecule has 0 aromatic heterocycles. The number of carbonyl (C=O) groups excluding carboxylic acids is 1. The van der Waals surface area contributed by atoms with E-state index in [1.54, 1.807) is 0 Å². The fraction of sp³-hybridized carbons (Fsp3) is 0.917. The predicted octanol–water partition coefficient (Wildman–Crippen LogP) is 0.279. The van der Waals surface area contributed by atoms with Gasteiger partial charge in [0.1, 0.15) is 6.04 Å². The predicted molar refractivity (Wildman–Crippen MR) is 67.4 cm³/mol. The number of fused-ring (bicyclic) bond motifs is 2. The van der Waals surface area contributed by atoms with E-state index in [0.29, 0.717) is 24.8 Å². The van der Waals surface area contributed by atoms with Crippen LogP contribution in [-0.2, 0) is 14.8 Å². The molecule has 3 aliphatic rings. The summed E-state index contributed by atoms with van der Waals surface area (Å²) in [4.78, 5) is 14.3. The molecule has 18 heavy (non-hydrogen) atoms. The number of amides is 1. The van der Waals surface area contributed by atoms with Crippen molar-refractivity contribution in [2.45, 2.75) is 31.7 Å². The van der Waals surface area contributed by atoms with Crippen LogP contribution in [0, 0.1) is 11.8 Å². The Bertz CT molecular complexity index is 458. The summed E-state index contributed by atoms with van der Waals surface area (Å²) < 4.78 is 24.9. The highest BCUT2D eigenvalue weighted by molar-refractivity contribution is 7.88. The zero-order valence-corrected chi connectivity index (χ0v) is 11.5. The zero-order chi connectivity index (χ0) is 12.9. The second kappa shape index (κ2) is 4.20. The van der Waals surface area contributed by atoms with Crippen molar-refractivity contribution in [2.75, 3.05) is 25.9 Å². The van der Waals surface area contributed by atoms with Crippen LogP contribution in [0.2, 0.25) is 0 Å². The molecular weight excluding hydrogens is 252 g/mol. The number of hydrogen-bond donors (Lipinski definition) is 0. The Morgan fingerprint density at radius 2 is 2.00 bits per heavy atom. The van der Waals surface area contributed by atoms with Crippen LogP contribution in [0.3, 0.4) is 0 Å². The first kappa shape index (κ1) is 12.4. The summed E-state index contributed by atoms with van der Waals surface area (Å²) in [5.41, 5.74) is 0. The van der Waals surface area contributed by atoms with E-state index in [-0.39, 0.29) is 5.91 Å². The molecule has 5 nitrogen and oxygen atoms in total. The van der Waals surface area contributed by atoms with Crippen molar-refractivity contribution in [3.05, 3.63) is 0 Å². The molecule has 0 N–H and O–H groups in total. The molecule has 3 fully saturated rings. The van der Waals surface area contributed by atoms with Gasteiger partial charge in [0, 0.05) is 19.6 Å². The van der Waals surface area contributed by atoms with Gasteiger partial charge in [0.2, 0.25) is 15.9 Å². The fourth-order valence-corrected chi connectivity index (χ4v) is 4.27. The second-order valence-electron chi connectivity index (χ2n) is 5.97. The maximum atomic E-state index is 12.4. The van der Waals surface area contributed by atoms with Gasteiger partial charge in [-0.1, -0.05) is 0 Å². The van der Waals surface area contributed by atoms with Crippen LogP contribution in [-0.4, -0.2) is 55.5 Å². The van der Waals surface area contributed by atoms with E-state index in [2.05, 4.69) is 0 Å². The van der Waals surface area contributed by atoms with E-state index in [4.69, 9.17) is 0 Å². The summed E-state index contributed by atoms with van der Waals surface area (Å²) in [7, 11) is -3.26. The summed E-state index contributed by atoms with van der Waals surface area (Å²) in [6.45, 7) is 2.18. The molecule has 6 heteroatoms.